The van der Waals surface area contributed by atoms with Crippen molar-refractivity contribution in [3.63, 3.8) is 0 Å². The molecule has 1 aliphatic carbocycles. The van der Waals surface area contributed by atoms with Gasteiger partial charge < -0.3 is 5.73 Å². The number of hydrogen-bond donors (Lipinski definition) is 1. The Hall–Kier alpha value is -1.54. The van der Waals surface area contributed by atoms with Gasteiger partial charge in [0.2, 0.25) is 0 Å². The predicted octanol–water partition coefficient (Wildman–Crippen LogP) is 5.98. The monoisotopic (exact) mass is 375 g/mol. The molecule has 9 heteroatoms. The Labute approximate surface area is 139 Å². The highest BCUT2D eigenvalue weighted by Gasteiger charge is 2.85. The molecule has 0 aromatic heterocycles. The Balaban J connectivity index is 3.10. The van der Waals surface area contributed by atoms with E-state index >= 15 is 0 Å². The largest absolute Gasteiger partial charge is 0.398 e. The Morgan fingerprint density at radius 3 is 1.60 bits per heavy atom. The maximum atomic E-state index is 14.3. The van der Waals surface area contributed by atoms with E-state index in [0.717, 1.165) is 0 Å². The first-order valence-corrected chi connectivity index (χ1v) is 7.51. The summed E-state index contributed by atoms with van der Waals surface area (Å²) in [4.78, 5) is 0. The van der Waals surface area contributed by atoms with Gasteiger partial charge in [0, 0.05) is 16.8 Å². The van der Waals surface area contributed by atoms with Crippen molar-refractivity contribution in [2.45, 2.75) is 63.2 Å². The highest BCUT2D eigenvalue weighted by atomic mass is 19.4. The molecule has 0 radical (unpaired) electrons. The van der Waals surface area contributed by atoms with Crippen LogP contribution >= 0.6 is 0 Å². The zero-order valence-corrected chi connectivity index (χ0v) is 13.8. The molecule has 142 valence electrons. The fraction of sp³-hybridized carbons (Fsp3) is 0.625. The summed E-state index contributed by atoms with van der Waals surface area (Å²) in [5.74, 6) is -25.0. The fourth-order valence-corrected chi connectivity index (χ4v) is 3.12. The van der Waals surface area contributed by atoms with Gasteiger partial charge in [-0.3, -0.25) is 0 Å². The molecule has 0 spiro atoms. The van der Waals surface area contributed by atoms with Gasteiger partial charge in [0.25, 0.3) is 0 Å². The molecule has 1 aromatic rings. The maximum absolute atomic E-state index is 14.3. The average Bonchev–Trinajstić information content (AvgIpc) is 2.43. The summed E-state index contributed by atoms with van der Waals surface area (Å²) in [6.07, 6.45) is 0. The number of anilines is 1. The molecule has 0 fully saturated rings. The number of alkyl halides is 8. The van der Waals surface area contributed by atoms with E-state index in [0.29, 0.717) is 6.07 Å². The molecule has 1 aliphatic rings. The molecule has 1 aromatic carbocycles. The van der Waals surface area contributed by atoms with Crippen molar-refractivity contribution in [3.05, 3.63) is 28.3 Å². The number of fused-ring (bicyclic) bond motifs is 1. The van der Waals surface area contributed by atoms with Gasteiger partial charge in [-0.15, -0.1) is 0 Å². The van der Waals surface area contributed by atoms with Gasteiger partial charge in [0.15, 0.2) is 0 Å². The fourth-order valence-electron chi connectivity index (χ4n) is 3.12. The zero-order valence-electron chi connectivity index (χ0n) is 13.8. The molecule has 1 nitrogen and oxygen atoms in total. The van der Waals surface area contributed by atoms with Gasteiger partial charge in [-0.25, -0.2) is 0 Å². The molecular weight excluding hydrogens is 358 g/mol. The first-order chi connectivity index (χ1) is 11.0. The van der Waals surface area contributed by atoms with Crippen LogP contribution in [0.5, 0.6) is 0 Å². The van der Waals surface area contributed by atoms with Crippen LogP contribution in [0.2, 0.25) is 0 Å². The van der Waals surface area contributed by atoms with Crippen LogP contribution in [-0.2, 0) is 11.8 Å². The third-order valence-corrected chi connectivity index (χ3v) is 4.47. The van der Waals surface area contributed by atoms with Crippen molar-refractivity contribution < 1.29 is 35.1 Å². The molecule has 2 rings (SSSR count). The third kappa shape index (κ3) is 2.19. The van der Waals surface area contributed by atoms with Crippen LogP contribution in [0.25, 0.3) is 0 Å². The Bertz CT molecular complexity index is 707. The molecule has 0 saturated carbocycles. The van der Waals surface area contributed by atoms with E-state index in [1.54, 1.807) is 0 Å². The lowest BCUT2D eigenvalue weighted by molar-refractivity contribution is -0.386. The van der Waals surface area contributed by atoms with Crippen LogP contribution < -0.4 is 5.73 Å². The van der Waals surface area contributed by atoms with Crippen LogP contribution in [0.15, 0.2) is 6.07 Å². The number of hydrogen-bond acceptors (Lipinski definition) is 1. The lowest BCUT2D eigenvalue weighted by Gasteiger charge is -2.44. The minimum absolute atomic E-state index is 0.0704. The van der Waals surface area contributed by atoms with Gasteiger partial charge >= 0.3 is 23.7 Å². The minimum atomic E-state index is -6.27. The molecule has 0 heterocycles. The molecule has 0 aliphatic heterocycles. The van der Waals surface area contributed by atoms with E-state index in [2.05, 4.69) is 0 Å². The number of halogens is 8. The standard InChI is InChI=1S/C16H17F8N/c1-6(2)8-5-9-11(10(7(3)4)12(8)25)14(19,20)16(23,24)15(21,22)13(9,17)18/h5-7H,25H2,1-4H3. The first kappa shape index (κ1) is 19.8. The van der Waals surface area contributed by atoms with Gasteiger partial charge in [-0.1, -0.05) is 27.7 Å². The van der Waals surface area contributed by atoms with E-state index in [1.165, 1.54) is 27.7 Å². The van der Waals surface area contributed by atoms with Crippen LogP contribution in [0, 0.1) is 0 Å². The molecule has 2 N–H and O–H groups in total. The number of nitrogen functional groups attached to an aromatic ring is 1. The summed E-state index contributed by atoms with van der Waals surface area (Å²) >= 11 is 0. The molecule has 0 bridgehead atoms. The second-order valence-corrected chi connectivity index (χ2v) is 6.82. The van der Waals surface area contributed by atoms with Crippen molar-refractivity contribution in [2.24, 2.45) is 0 Å². The second-order valence-electron chi connectivity index (χ2n) is 6.82. The van der Waals surface area contributed by atoms with Gasteiger partial charge in [-0.2, -0.15) is 35.1 Å². The molecule has 0 amide bonds. The van der Waals surface area contributed by atoms with E-state index < -0.39 is 52.2 Å². The summed E-state index contributed by atoms with van der Waals surface area (Å²) in [5, 5.41) is 0. The van der Waals surface area contributed by atoms with E-state index in [9.17, 15) is 35.1 Å². The molecule has 25 heavy (non-hydrogen) atoms. The topological polar surface area (TPSA) is 26.0 Å². The van der Waals surface area contributed by atoms with Crippen LogP contribution in [0.3, 0.4) is 0 Å². The SMILES string of the molecule is CC(C)c1cc2c(c(C(C)C)c1N)C(F)(F)C(F)(F)C(F)(F)C2(F)F. The zero-order chi connectivity index (χ0) is 19.7. The molecular formula is C16H17F8N. The molecule has 0 atom stereocenters. The summed E-state index contributed by atoms with van der Waals surface area (Å²) in [6.45, 7) is 5.56. The molecule has 0 unspecified atom stereocenters. The van der Waals surface area contributed by atoms with Crippen molar-refractivity contribution >= 4 is 5.69 Å². The smallest absolute Gasteiger partial charge is 0.382 e. The van der Waals surface area contributed by atoms with Crippen LogP contribution in [-0.4, -0.2) is 11.8 Å². The summed E-state index contributed by atoms with van der Waals surface area (Å²) < 4.78 is 112. The van der Waals surface area contributed by atoms with E-state index in [4.69, 9.17) is 5.73 Å². The highest BCUT2D eigenvalue weighted by molar-refractivity contribution is 5.65. The quantitative estimate of drug-likeness (QED) is 0.499. The van der Waals surface area contributed by atoms with Crippen LogP contribution in [0.1, 0.15) is 61.8 Å². The maximum Gasteiger partial charge on any atom is 0.382 e. The lowest BCUT2D eigenvalue weighted by Crippen LogP contribution is -2.64. The second kappa shape index (κ2) is 5.23. The van der Waals surface area contributed by atoms with Crippen molar-refractivity contribution in [3.8, 4) is 0 Å². The Morgan fingerprint density at radius 2 is 1.20 bits per heavy atom. The van der Waals surface area contributed by atoms with Crippen molar-refractivity contribution in [1.29, 1.82) is 0 Å². The summed E-state index contributed by atoms with van der Waals surface area (Å²) in [5.41, 5.74) is 1.08. The normalized spacial score (nSPS) is 23.0. The summed E-state index contributed by atoms with van der Waals surface area (Å²) in [7, 11) is 0. The third-order valence-electron chi connectivity index (χ3n) is 4.47. The van der Waals surface area contributed by atoms with E-state index in [1.807, 2.05) is 0 Å². The Morgan fingerprint density at radius 1 is 0.760 bits per heavy atom. The minimum Gasteiger partial charge on any atom is -0.398 e. The van der Waals surface area contributed by atoms with E-state index in [-0.39, 0.29) is 11.3 Å². The van der Waals surface area contributed by atoms with Crippen LogP contribution in [0.4, 0.5) is 40.8 Å². The first-order valence-electron chi connectivity index (χ1n) is 7.51. The summed E-state index contributed by atoms with van der Waals surface area (Å²) in [6, 6.07) is 0.401. The number of rotatable bonds is 2. The van der Waals surface area contributed by atoms with Gasteiger partial charge in [0.1, 0.15) is 0 Å². The highest BCUT2D eigenvalue weighted by Crippen LogP contribution is 2.66. The van der Waals surface area contributed by atoms with Gasteiger partial charge in [0.05, 0.1) is 0 Å². The van der Waals surface area contributed by atoms with Crippen molar-refractivity contribution in [1.82, 2.24) is 0 Å². The lowest BCUT2D eigenvalue weighted by atomic mass is 9.73. The van der Waals surface area contributed by atoms with Crippen molar-refractivity contribution in [2.75, 3.05) is 5.73 Å². The van der Waals surface area contributed by atoms with Gasteiger partial charge in [-0.05, 0) is 29.0 Å². The molecule has 0 saturated heterocycles. The average molecular weight is 375 g/mol. The number of benzene rings is 1. The number of nitrogens with two attached hydrogens (primary N) is 1. The predicted molar refractivity (Wildman–Crippen MR) is 76.7 cm³/mol. The Kier molecular flexibility index (Phi) is 4.14.